The number of aliphatic hydroxyl groups excluding tert-OH is 1. The standard InChI is InChI=1S/C34H50N4O5/c1-8-20-36(21-9-2)30(40)27-28-31(41)38(24(7)23-39)29(34(28)19-18-33(27,11-4)43-34)32(42)37(22-10-3)26-16-14-25(15-17-26)35(12-5)13-6/h8,10,14-17,24,27-29,39H,1,3,9,11-13,18-23H2,2,4-7H3/t24-,27-,28+,29?,33+,34?/m1/s1. The molecule has 3 saturated heterocycles. The molecule has 3 aliphatic heterocycles. The van der Waals surface area contributed by atoms with Crippen molar-refractivity contribution in [1.82, 2.24) is 9.80 Å². The summed E-state index contributed by atoms with van der Waals surface area (Å²) in [6, 6.07) is 6.23. The summed E-state index contributed by atoms with van der Waals surface area (Å²) in [7, 11) is 0. The van der Waals surface area contributed by atoms with Gasteiger partial charge in [0.2, 0.25) is 11.8 Å². The third-order valence-electron chi connectivity index (χ3n) is 9.88. The lowest BCUT2D eigenvalue weighted by atomic mass is 9.64. The van der Waals surface area contributed by atoms with Crippen molar-refractivity contribution in [3.63, 3.8) is 0 Å². The van der Waals surface area contributed by atoms with E-state index in [1.165, 1.54) is 4.90 Å². The first-order valence-electron chi connectivity index (χ1n) is 15.9. The van der Waals surface area contributed by atoms with Crippen LogP contribution in [0, 0.1) is 11.8 Å². The number of amides is 3. The van der Waals surface area contributed by atoms with E-state index in [2.05, 4.69) is 31.9 Å². The number of ether oxygens (including phenoxy) is 1. The van der Waals surface area contributed by atoms with Crippen LogP contribution >= 0.6 is 0 Å². The Balaban J connectivity index is 1.80. The molecule has 9 heteroatoms. The van der Waals surface area contributed by atoms with Gasteiger partial charge in [-0.2, -0.15) is 0 Å². The Morgan fingerprint density at radius 1 is 1.05 bits per heavy atom. The molecule has 236 valence electrons. The highest BCUT2D eigenvalue weighted by molar-refractivity contribution is 6.05. The zero-order valence-electron chi connectivity index (χ0n) is 26.6. The molecule has 9 nitrogen and oxygen atoms in total. The number of fused-ring (bicyclic) bond motifs is 1. The average molecular weight is 595 g/mol. The van der Waals surface area contributed by atoms with E-state index in [-0.39, 0.29) is 30.9 Å². The largest absolute Gasteiger partial charge is 0.394 e. The molecule has 6 atom stereocenters. The summed E-state index contributed by atoms with van der Waals surface area (Å²) in [5.74, 6) is -2.22. The number of rotatable bonds is 15. The molecule has 1 aromatic carbocycles. The fraction of sp³-hybridized carbons (Fsp3) is 0.618. The molecule has 2 bridgehead atoms. The van der Waals surface area contributed by atoms with Gasteiger partial charge in [0.15, 0.2) is 0 Å². The van der Waals surface area contributed by atoms with E-state index in [1.54, 1.807) is 28.9 Å². The van der Waals surface area contributed by atoms with Gasteiger partial charge in [0.05, 0.1) is 30.1 Å². The quantitative estimate of drug-likeness (QED) is 0.309. The topological polar surface area (TPSA) is 93.6 Å². The normalized spacial score (nSPS) is 28.0. The van der Waals surface area contributed by atoms with E-state index >= 15 is 0 Å². The number of hydrogen-bond donors (Lipinski definition) is 1. The Bertz CT molecular complexity index is 1200. The highest BCUT2D eigenvalue weighted by Gasteiger charge is 2.79. The Labute approximate surface area is 257 Å². The van der Waals surface area contributed by atoms with Crippen LogP contribution in [0.5, 0.6) is 0 Å². The lowest BCUT2D eigenvalue weighted by Crippen LogP contribution is -2.58. The molecule has 3 amide bonds. The van der Waals surface area contributed by atoms with Gasteiger partial charge in [0.25, 0.3) is 5.91 Å². The van der Waals surface area contributed by atoms with E-state index in [1.807, 2.05) is 38.1 Å². The van der Waals surface area contributed by atoms with E-state index in [9.17, 15) is 19.5 Å². The molecule has 43 heavy (non-hydrogen) atoms. The number of nitrogens with zero attached hydrogens (tertiary/aromatic N) is 4. The average Bonchev–Trinajstić information content (AvgIpc) is 3.63. The summed E-state index contributed by atoms with van der Waals surface area (Å²) in [6.45, 7) is 20.3. The molecule has 1 N–H and O–H groups in total. The van der Waals surface area contributed by atoms with Crippen LogP contribution in [0.4, 0.5) is 11.4 Å². The molecule has 2 unspecified atom stereocenters. The number of anilines is 2. The molecule has 0 radical (unpaired) electrons. The fourth-order valence-electron chi connectivity index (χ4n) is 7.82. The molecule has 0 saturated carbocycles. The second-order valence-corrected chi connectivity index (χ2v) is 12.1. The Kier molecular flexibility index (Phi) is 10.1. The van der Waals surface area contributed by atoms with Crippen molar-refractivity contribution in [2.24, 2.45) is 11.8 Å². The van der Waals surface area contributed by atoms with Gasteiger partial charge in [-0.25, -0.2) is 0 Å². The van der Waals surface area contributed by atoms with Crippen LogP contribution in [0.15, 0.2) is 49.6 Å². The number of carbonyl (C=O) groups is 3. The summed E-state index contributed by atoms with van der Waals surface area (Å²) < 4.78 is 6.94. The third kappa shape index (κ3) is 5.29. The van der Waals surface area contributed by atoms with Gasteiger partial charge in [-0.05, 0) is 70.7 Å². The number of hydrogen-bond acceptors (Lipinski definition) is 6. The molecule has 3 aliphatic rings. The van der Waals surface area contributed by atoms with Crippen molar-refractivity contribution in [3.8, 4) is 0 Å². The minimum atomic E-state index is -1.17. The molecule has 3 heterocycles. The zero-order valence-corrected chi connectivity index (χ0v) is 26.6. The summed E-state index contributed by atoms with van der Waals surface area (Å²) >= 11 is 0. The predicted molar refractivity (Wildman–Crippen MR) is 170 cm³/mol. The Hall–Kier alpha value is -3.17. The van der Waals surface area contributed by atoms with E-state index in [0.717, 1.165) is 25.2 Å². The molecule has 3 fully saturated rings. The maximum absolute atomic E-state index is 14.8. The monoisotopic (exact) mass is 594 g/mol. The second kappa shape index (κ2) is 13.2. The van der Waals surface area contributed by atoms with Gasteiger partial charge in [-0.1, -0.05) is 26.0 Å². The Morgan fingerprint density at radius 3 is 2.21 bits per heavy atom. The molecule has 0 aromatic heterocycles. The van der Waals surface area contributed by atoms with Crippen LogP contribution in [-0.4, -0.2) is 95.2 Å². The SMILES string of the molecule is C=CCN(CCC)C(=O)[C@H]1[C@H]2C(=O)N([C@H](C)CO)C(C(=O)N(CC=C)c3ccc(N(CC)CC)cc3)C23CC[C@]1(CC)O3. The summed E-state index contributed by atoms with van der Waals surface area (Å²) in [5.41, 5.74) is -0.243. The summed E-state index contributed by atoms with van der Waals surface area (Å²) in [4.78, 5) is 50.6. The zero-order chi connectivity index (χ0) is 31.5. The van der Waals surface area contributed by atoms with E-state index < -0.39 is 35.1 Å². The first-order valence-corrected chi connectivity index (χ1v) is 15.9. The predicted octanol–water partition coefficient (Wildman–Crippen LogP) is 4.01. The smallest absolute Gasteiger partial charge is 0.253 e. The first-order chi connectivity index (χ1) is 20.6. The molecule has 1 aromatic rings. The number of aliphatic hydroxyl groups is 1. The molecular formula is C34H50N4O5. The lowest BCUT2D eigenvalue weighted by molar-refractivity contribution is -0.153. The van der Waals surface area contributed by atoms with E-state index in [0.29, 0.717) is 38.0 Å². The Morgan fingerprint density at radius 2 is 1.67 bits per heavy atom. The maximum atomic E-state index is 14.8. The van der Waals surface area contributed by atoms with Gasteiger partial charge in [0, 0.05) is 44.1 Å². The van der Waals surface area contributed by atoms with Crippen molar-refractivity contribution in [3.05, 3.63) is 49.6 Å². The minimum absolute atomic E-state index is 0.122. The van der Waals surface area contributed by atoms with Gasteiger partial charge < -0.3 is 29.4 Å². The van der Waals surface area contributed by atoms with Crippen molar-refractivity contribution >= 4 is 29.1 Å². The van der Waals surface area contributed by atoms with Crippen LogP contribution in [0.2, 0.25) is 0 Å². The van der Waals surface area contributed by atoms with Crippen LogP contribution < -0.4 is 9.80 Å². The van der Waals surface area contributed by atoms with Crippen LogP contribution in [-0.2, 0) is 19.1 Å². The molecule has 0 aliphatic carbocycles. The second-order valence-electron chi connectivity index (χ2n) is 12.1. The van der Waals surface area contributed by atoms with Crippen molar-refractivity contribution in [2.45, 2.75) is 83.6 Å². The van der Waals surface area contributed by atoms with Crippen LogP contribution in [0.1, 0.15) is 60.3 Å². The van der Waals surface area contributed by atoms with Crippen molar-refractivity contribution in [2.75, 3.05) is 49.1 Å². The summed E-state index contributed by atoms with van der Waals surface area (Å²) in [6.07, 6.45) is 5.79. The first kappa shape index (κ1) is 32.7. The van der Waals surface area contributed by atoms with Gasteiger partial charge in [-0.15, -0.1) is 13.2 Å². The van der Waals surface area contributed by atoms with Crippen LogP contribution in [0.3, 0.4) is 0 Å². The van der Waals surface area contributed by atoms with Crippen LogP contribution in [0.25, 0.3) is 0 Å². The van der Waals surface area contributed by atoms with Gasteiger partial charge in [-0.3, -0.25) is 14.4 Å². The molecule has 4 rings (SSSR count). The highest BCUT2D eigenvalue weighted by Crippen LogP contribution is 2.65. The minimum Gasteiger partial charge on any atom is -0.394 e. The lowest BCUT2D eigenvalue weighted by Gasteiger charge is -2.38. The van der Waals surface area contributed by atoms with E-state index in [4.69, 9.17) is 4.74 Å². The number of benzene rings is 1. The summed E-state index contributed by atoms with van der Waals surface area (Å²) in [5, 5.41) is 10.3. The van der Waals surface area contributed by atoms with Crippen molar-refractivity contribution in [1.29, 1.82) is 0 Å². The molecular weight excluding hydrogens is 544 g/mol. The maximum Gasteiger partial charge on any atom is 0.253 e. The van der Waals surface area contributed by atoms with Crippen molar-refractivity contribution < 1.29 is 24.2 Å². The molecule has 1 spiro atoms. The number of carbonyl (C=O) groups excluding carboxylic acids is 3. The highest BCUT2D eigenvalue weighted by atomic mass is 16.5. The van der Waals surface area contributed by atoms with Gasteiger partial charge in [0.1, 0.15) is 11.6 Å². The third-order valence-corrected chi connectivity index (χ3v) is 9.88. The number of likely N-dealkylation sites (tertiary alicyclic amines) is 1. The fourth-order valence-corrected chi connectivity index (χ4v) is 7.82. The van der Waals surface area contributed by atoms with Gasteiger partial charge >= 0.3 is 0 Å².